The monoisotopic (exact) mass is 224 g/mol. The molecule has 0 amide bonds. The Labute approximate surface area is 96.2 Å². The maximum absolute atomic E-state index is 5.95. The van der Waals surface area contributed by atoms with Gasteiger partial charge in [0.15, 0.2) is 0 Å². The van der Waals surface area contributed by atoms with Gasteiger partial charge in [0.2, 0.25) is 0 Å². The number of benzene rings is 1. The lowest BCUT2D eigenvalue weighted by molar-refractivity contribution is 0.328. The second kappa shape index (κ2) is 4.42. The summed E-state index contributed by atoms with van der Waals surface area (Å²) in [7, 11) is 4.24. The minimum Gasteiger partial charge on any atom is -0.384 e. The van der Waals surface area contributed by atoms with E-state index in [1.807, 2.05) is 12.1 Å². The first-order chi connectivity index (χ1) is 7.15. The van der Waals surface area contributed by atoms with Crippen molar-refractivity contribution in [3.63, 3.8) is 0 Å². The molecular formula is C12H17ClN2. The van der Waals surface area contributed by atoms with Crippen LogP contribution in [0.15, 0.2) is 18.2 Å². The molecule has 15 heavy (non-hydrogen) atoms. The third-order valence-corrected chi connectivity index (χ3v) is 3.02. The molecule has 1 atom stereocenters. The minimum atomic E-state index is 0.702. The van der Waals surface area contributed by atoms with E-state index in [1.165, 1.54) is 11.3 Å². The molecule has 1 heterocycles. The van der Waals surface area contributed by atoms with E-state index in [4.69, 9.17) is 11.6 Å². The lowest BCUT2D eigenvalue weighted by Crippen LogP contribution is -2.31. The molecule has 1 aromatic carbocycles. The van der Waals surface area contributed by atoms with Crippen molar-refractivity contribution >= 4 is 17.3 Å². The van der Waals surface area contributed by atoms with Gasteiger partial charge in [0.1, 0.15) is 0 Å². The van der Waals surface area contributed by atoms with Gasteiger partial charge < -0.3 is 10.2 Å². The fourth-order valence-electron chi connectivity index (χ4n) is 2.17. The maximum atomic E-state index is 5.95. The largest absolute Gasteiger partial charge is 0.384 e. The standard InChI is InChI=1S/C12H17ClN2/c1-15(2)8-9-5-10-3-4-11(13)6-12(10)14-7-9/h3-4,6,9,14H,5,7-8H2,1-2H3. The van der Waals surface area contributed by atoms with Crippen molar-refractivity contribution < 1.29 is 0 Å². The highest BCUT2D eigenvalue weighted by Gasteiger charge is 2.18. The highest BCUT2D eigenvalue weighted by molar-refractivity contribution is 6.30. The van der Waals surface area contributed by atoms with Gasteiger partial charge in [0.25, 0.3) is 0 Å². The summed E-state index contributed by atoms with van der Waals surface area (Å²) in [5.41, 5.74) is 2.59. The fraction of sp³-hybridized carbons (Fsp3) is 0.500. The molecule has 2 nitrogen and oxygen atoms in total. The van der Waals surface area contributed by atoms with Crippen molar-refractivity contribution in [1.82, 2.24) is 4.90 Å². The van der Waals surface area contributed by atoms with E-state index in [0.717, 1.165) is 24.5 Å². The Kier molecular flexibility index (Phi) is 3.17. The van der Waals surface area contributed by atoms with Gasteiger partial charge in [-0.05, 0) is 44.1 Å². The molecule has 1 N–H and O–H groups in total. The number of nitrogens with zero attached hydrogens (tertiary/aromatic N) is 1. The zero-order chi connectivity index (χ0) is 10.8. The topological polar surface area (TPSA) is 15.3 Å². The predicted molar refractivity (Wildman–Crippen MR) is 65.7 cm³/mol. The van der Waals surface area contributed by atoms with Crippen LogP contribution in [0.25, 0.3) is 0 Å². The van der Waals surface area contributed by atoms with E-state index in [-0.39, 0.29) is 0 Å². The molecule has 0 saturated carbocycles. The van der Waals surface area contributed by atoms with Crippen molar-refractivity contribution in [3.8, 4) is 0 Å². The van der Waals surface area contributed by atoms with Crippen molar-refractivity contribution in [2.75, 3.05) is 32.5 Å². The molecular weight excluding hydrogens is 208 g/mol. The van der Waals surface area contributed by atoms with Crippen LogP contribution in [-0.2, 0) is 6.42 Å². The number of fused-ring (bicyclic) bond motifs is 1. The Bertz CT molecular complexity index is 349. The van der Waals surface area contributed by atoms with Crippen molar-refractivity contribution in [2.45, 2.75) is 6.42 Å². The molecule has 0 radical (unpaired) electrons. The summed E-state index contributed by atoms with van der Waals surface area (Å²) in [5.74, 6) is 0.702. The summed E-state index contributed by atoms with van der Waals surface area (Å²) in [6.45, 7) is 2.18. The minimum absolute atomic E-state index is 0.702. The molecule has 0 spiro atoms. The highest BCUT2D eigenvalue weighted by atomic mass is 35.5. The number of anilines is 1. The lowest BCUT2D eigenvalue weighted by atomic mass is 9.94. The number of halogens is 1. The Hall–Kier alpha value is -0.730. The smallest absolute Gasteiger partial charge is 0.0426 e. The second-order valence-electron chi connectivity index (χ2n) is 4.51. The summed E-state index contributed by atoms with van der Waals surface area (Å²) in [4.78, 5) is 2.24. The second-order valence-corrected chi connectivity index (χ2v) is 4.95. The predicted octanol–water partition coefficient (Wildman–Crippen LogP) is 2.49. The first kappa shape index (κ1) is 10.8. The molecule has 3 heteroatoms. The number of hydrogen-bond acceptors (Lipinski definition) is 2. The van der Waals surface area contributed by atoms with Crippen LogP contribution in [0.2, 0.25) is 5.02 Å². The Morgan fingerprint density at radius 3 is 3.00 bits per heavy atom. The zero-order valence-electron chi connectivity index (χ0n) is 9.26. The Morgan fingerprint density at radius 2 is 2.27 bits per heavy atom. The van der Waals surface area contributed by atoms with Crippen LogP contribution in [0.1, 0.15) is 5.56 Å². The third-order valence-electron chi connectivity index (χ3n) is 2.79. The summed E-state index contributed by atoms with van der Waals surface area (Å²) >= 11 is 5.95. The van der Waals surface area contributed by atoms with E-state index in [1.54, 1.807) is 0 Å². The van der Waals surface area contributed by atoms with Gasteiger partial charge in [-0.2, -0.15) is 0 Å². The quantitative estimate of drug-likeness (QED) is 0.831. The summed E-state index contributed by atoms with van der Waals surface area (Å²) in [6, 6.07) is 6.12. The molecule has 0 aromatic heterocycles. The molecule has 0 saturated heterocycles. The van der Waals surface area contributed by atoms with Gasteiger partial charge in [0.05, 0.1) is 0 Å². The van der Waals surface area contributed by atoms with Crippen LogP contribution in [0.5, 0.6) is 0 Å². The van der Waals surface area contributed by atoms with E-state index >= 15 is 0 Å². The Morgan fingerprint density at radius 1 is 1.47 bits per heavy atom. The van der Waals surface area contributed by atoms with E-state index < -0.39 is 0 Å². The zero-order valence-corrected chi connectivity index (χ0v) is 10.0. The molecule has 1 aromatic rings. The third kappa shape index (κ3) is 2.64. The normalized spacial score (nSPS) is 19.9. The van der Waals surface area contributed by atoms with Crippen LogP contribution in [0, 0.1) is 5.92 Å². The van der Waals surface area contributed by atoms with Crippen molar-refractivity contribution in [3.05, 3.63) is 28.8 Å². The van der Waals surface area contributed by atoms with Gasteiger partial charge in [-0.15, -0.1) is 0 Å². The van der Waals surface area contributed by atoms with Crippen molar-refractivity contribution in [2.24, 2.45) is 5.92 Å². The average molecular weight is 225 g/mol. The molecule has 2 rings (SSSR count). The molecule has 0 bridgehead atoms. The number of hydrogen-bond donors (Lipinski definition) is 1. The van der Waals surface area contributed by atoms with Crippen LogP contribution >= 0.6 is 11.6 Å². The summed E-state index contributed by atoms with van der Waals surface area (Å²) < 4.78 is 0. The molecule has 1 aliphatic rings. The van der Waals surface area contributed by atoms with Crippen LogP contribution in [-0.4, -0.2) is 32.1 Å². The van der Waals surface area contributed by atoms with Crippen molar-refractivity contribution in [1.29, 1.82) is 0 Å². The lowest BCUT2D eigenvalue weighted by Gasteiger charge is -2.28. The molecule has 1 unspecified atom stereocenters. The maximum Gasteiger partial charge on any atom is 0.0426 e. The Balaban J connectivity index is 2.10. The number of rotatable bonds is 2. The van der Waals surface area contributed by atoms with Crippen LogP contribution in [0.4, 0.5) is 5.69 Å². The average Bonchev–Trinajstić information content (AvgIpc) is 2.17. The van der Waals surface area contributed by atoms with E-state index in [2.05, 4.69) is 30.4 Å². The molecule has 82 valence electrons. The summed E-state index contributed by atoms with van der Waals surface area (Å²) in [5, 5.41) is 4.26. The first-order valence-electron chi connectivity index (χ1n) is 5.32. The van der Waals surface area contributed by atoms with Crippen LogP contribution in [0.3, 0.4) is 0 Å². The molecule has 1 aliphatic heterocycles. The van der Waals surface area contributed by atoms with Gasteiger partial charge in [-0.25, -0.2) is 0 Å². The van der Waals surface area contributed by atoms with Gasteiger partial charge in [0, 0.05) is 23.8 Å². The molecule has 0 fully saturated rings. The van der Waals surface area contributed by atoms with Gasteiger partial charge in [-0.3, -0.25) is 0 Å². The van der Waals surface area contributed by atoms with E-state index in [0.29, 0.717) is 5.92 Å². The SMILES string of the molecule is CN(C)CC1CNc2cc(Cl)ccc2C1. The fourth-order valence-corrected chi connectivity index (χ4v) is 2.35. The number of nitrogens with one attached hydrogen (secondary N) is 1. The summed E-state index contributed by atoms with van der Waals surface area (Å²) in [6.07, 6.45) is 1.15. The van der Waals surface area contributed by atoms with E-state index in [9.17, 15) is 0 Å². The van der Waals surface area contributed by atoms with Gasteiger partial charge >= 0.3 is 0 Å². The molecule has 0 aliphatic carbocycles. The highest BCUT2D eigenvalue weighted by Crippen LogP contribution is 2.27. The first-order valence-corrected chi connectivity index (χ1v) is 5.70. The van der Waals surface area contributed by atoms with Crippen LogP contribution < -0.4 is 5.32 Å². The van der Waals surface area contributed by atoms with Gasteiger partial charge in [-0.1, -0.05) is 17.7 Å².